The van der Waals surface area contributed by atoms with Gasteiger partial charge in [-0.05, 0) is 36.1 Å². The van der Waals surface area contributed by atoms with Gasteiger partial charge in [0.15, 0.2) is 0 Å². The van der Waals surface area contributed by atoms with Crippen molar-refractivity contribution in [1.82, 2.24) is 0 Å². The number of aliphatic carboxylic acids is 1. The van der Waals surface area contributed by atoms with Crippen molar-refractivity contribution in [3.8, 4) is 0 Å². The number of carbonyl (C=O) groups is 1. The van der Waals surface area contributed by atoms with Crippen LogP contribution in [0.1, 0.15) is 36.9 Å². The van der Waals surface area contributed by atoms with Gasteiger partial charge >= 0.3 is 5.97 Å². The number of hydrogen-bond acceptors (Lipinski definition) is 2. The first-order chi connectivity index (χ1) is 7.54. The van der Waals surface area contributed by atoms with Crippen LogP contribution in [-0.4, -0.2) is 11.1 Å². The first kappa shape index (κ1) is 13.0. The molecule has 0 fully saturated rings. The predicted molar refractivity (Wildman–Crippen MR) is 64.6 cm³/mol. The number of hydrogen-bond donors (Lipinski definition) is 2. The summed E-state index contributed by atoms with van der Waals surface area (Å²) in [4.78, 5) is 10.5. The molecule has 0 bridgehead atoms. The number of carboxylic acid groups (broad SMARTS) is 1. The van der Waals surface area contributed by atoms with E-state index in [4.69, 9.17) is 22.4 Å². The lowest BCUT2D eigenvalue weighted by Gasteiger charge is -2.15. The zero-order valence-electron chi connectivity index (χ0n) is 9.24. The van der Waals surface area contributed by atoms with E-state index in [0.29, 0.717) is 11.4 Å². The second-order valence-corrected chi connectivity index (χ2v) is 4.17. The Labute approximate surface area is 100 Å². The molecule has 1 aromatic carbocycles. The van der Waals surface area contributed by atoms with E-state index < -0.39 is 5.97 Å². The minimum Gasteiger partial charge on any atom is -0.481 e. The summed E-state index contributed by atoms with van der Waals surface area (Å²) >= 11 is 5.91. The summed E-state index contributed by atoms with van der Waals surface area (Å²) in [5.74, 6) is -0.824. The Morgan fingerprint density at radius 2 is 2.25 bits per heavy atom. The van der Waals surface area contributed by atoms with Crippen LogP contribution in [0.5, 0.6) is 0 Å². The normalized spacial score (nSPS) is 12.4. The van der Waals surface area contributed by atoms with Gasteiger partial charge in [0.1, 0.15) is 0 Å². The number of carboxylic acids is 1. The zero-order valence-corrected chi connectivity index (χ0v) is 10.00. The Bertz CT molecular complexity index is 379. The fourth-order valence-electron chi connectivity index (χ4n) is 1.67. The molecule has 16 heavy (non-hydrogen) atoms. The molecule has 0 amide bonds. The maximum atomic E-state index is 10.5. The molecule has 0 heterocycles. The lowest BCUT2D eigenvalue weighted by Crippen LogP contribution is -2.14. The summed E-state index contributed by atoms with van der Waals surface area (Å²) in [6.07, 6.45) is 1.38. The largest absolute Gasteiger partial charge is 0.481 e. The second-order valence-electron chi connectivity index (χ2n) is 3.74. The standard InChI is InChI=1S/C12H16ClNO2/c1-2-8-3-4-9(13)7-10(8)11(14)5-6-12(15)16/h3-4,7,11H,2,5-6,14H2,1H3,(H,15,16). The molecular formula is C12H16ClNO2. The number of benzene rings is 1. The van der Waals surface area contributed by atoms with Crippen LogP contribution in [0, 0.1) is 0 Å². The number of nitrogens with two attached hydrogens (primary N) is 1. The van der Waals surface area contributed by atoms with Gasteiger partial charge in [-0.25, -0.2) is 0 Å². The minimum atomic E-state index is -0.824. The molecule has 0 saturated carbocycles. The molecular weight excluding hydrogens is 226 g/mol. The second kappa shape index (κ2) is 5.87. The third kappa shape index (κ3) is 3.51. The van der Waals surface area contributed by atoms with Gasteiger partial charge in [0, 0.05) is 17.5 Å². The van der Waals surface area contributed by atoms with E-state index in [-0.39, 0.29) is 12.5 Å². The van der Waals surface area contributed by atoms with E-state index in [1.165, 1.54) is 0 Å². The van der Waals surface area contributed by atoms with Crippen molar-refractivity contribution in [2.75, 3.05) is 0 Å². The van der Waals surface area contributed by atoms with Crippen molar-refractivity contribution >= 4 is 17.6 Å². The van der Waals surface area contributed by atoms with Gasteiger partial charge in [-0.15, -0.1) is 0 Å². The van der Waals surface area contributed by atoms with Crippen molar-refractivity contribution in [1.29, 1.82) is 0 Å². The third-order valence-electron chi connectivity index (χ3n) is 2.56. The van der Waals surface area contributed by atoms with Crippen LogP contribution in [0.3, 0.4) is 0 Å². The van der Waals surface area contributed by atoms with E-state index in [1.54, 1.807) is 0 Å². The molecule has 88 valence electrons. The highest BCUT2D eigenvalue weighted by Crippen LogP contribution is 2.24. The molecule has 0 spiro atoms. The molecule has 3 nitrogen and oxygen atoms in total. The van der Waals surface area contributed by atoms with Crippen LogP contribution in [0.4, 0.5) is 0 Å². The first-order valence-corrected chi connectivity index (χ1v) is 5.68. The molecule has 1 atom stereocenters. The molecule has 0 aliphatic rings. The van der Waals surface area contributed by atoms with Crippen molar-refractivity contribution in [3.05, 3.63) is 34.3 Å². The maximum Gasteiger partial charge on any atom is 0.303 e. The van der Waals surface area contributed by atoms with Crippen molar-refractivity contribution in [2.24, 2.45) is 5.73 Å². The molecule has 0 radical (unpaired) electrons. The zero-order chi connectivity index (χ0) is 12.1. The van der Waals surface area contributed by atoms with Gasteiger partial charge in [0.2, 0.25) is 0 Å². The van der Waals surface area contributed by atoms with Gasteiger partial charge in [-0.1, -0.05) is 24.6 Å². The Hall–Kier alpha value is -1.06. The van der Waals surface area contributed by atoms with E-state index in [9.17, 15) is 4.79 Å². The Kier molecular flexibility index (Phi) is 4.77. The van der Waals surface area contributed by atoms with Crippen LogP contribution < -0.4 is 5.73 Å². The highest BCUT2D eigenvalue weighted by Gasteiger charge is 2.12. The monoisotopic (exact) mass is 241 g/mol. The third-order valence-corrected chi connectivity index (χ3v) is 2.79. The summed E-state index contributed by atoms with van der Waals surface area (Å²) in [5.41, 5.74) is 8.05. The van der Waals surface area contributed by atoms with Gasteiger partial charge in [-0.2, -0.15) is 0 Å². The summed E-state index contributed by atoms with van der Waals surface area (Å²) in [6.45, 7) is 2.04. The first-order valence-electron chi connectivity index (χ1n) is 5.30. The summed E-state index contributed by atoms with van der Waals surface area (Å²) in [6, 6.07) is 5.34. The van der Waals surface area contributed by atoms with Gasteiger partial charge < -0.3 is 10.8 Å². The molecule has 1 unspecified atom stereocenters. The van der Waals surface area contributed by atoms with Crippen LogP contribution in [-0.2, 0) is 11.2 Å². The quantitative estimate of drug-likeness (QED) is 0.833. The van der Waals surface area contributed by atoms with Gasteiger partial charge in [0.25, 0.3) is 0 Å². The van der Waals surface area contributed by atoms with Crippen LogP contribution in [0.25, 0.3) is 0 Å². The fourth-order valence-corrected chi connectivity index (χ4v) is 1.85. The minimum absolute atomic E-state index is 0.0802. The highest BCUT2D eigenvalue weighted by atomic mass is 35.5. The van der Waals surface area contributed by atoms with E-state index in [1.807, 2.05) is 25.1 Å². The topological polar surface area (TPSA) is 63.3 Å². The van der Waals surface area contributed by atoms with Crippen molar-refractivity contribution < 1.29 is 9.90 Å². The Balaban J connectivity index is 2.84. The average molecular weight is 242 g/mol. The molecule has 0 aliphatic heterocycles. The van der Waals surface area contributed by atoms with Crippen LogP contribution >= 0.6 is 11.6 Å². The van der Waals surface area contributed by atoms with Gasteiger partial charge in [-0.3, -0.25) is 4.79 Å². The van der Waals surface area contributed by atoms with E-state index in [2.05, 4.69) is 0 Å². The fraction of sp³-hybridized carbons (Fsp3) is 0.417. The molecule has 4 heteroatoms. The molecule has 1 rings (SSSR count). The molecule has 1 aromatic rings. The number of aryl methyl sites for hydroxylation is 1. The molecule has 3 N–H and O–H groups in total. The SMILES string of the molecule is CCc1ccc(Cl)cc1C(N)CCC(=O)O. The summed E-state index contributed by atoms with van der Waals surface area (Å²) in [5, 5.41) is 9.25. The lowest BCUT2D eigenvalue weighted by molar-refractivity contribution is -0.137. The average Bonchev–Trinajstić information content (AvgIpc) is 2.25. The molecule has 0 saturated heterocycles. The van der Waals surface area contributed by atoms with E-state index >= 15 is 0 Å². The Morgan fingerprint density at radius 3 is 2.81 bits per heavy atom. The summed E-state index contributed by atoms with van der Waals surface area (Å²) in [7, 11) is 0. The molecule has 0 aliphatic carbocycles. The smallest absolute Gasteiger partial charge is 0.303 e. The maximum absolute atomic E-state index is 10.5. The van der Waals surface area contributed by atoms with Crippen LogP contribution in [0.2, 0.25) is 5.02 Å². The van der Waals surface area contributed by atoms with Crippen molar-refractivity contribution in [2.45, 2.75) is 32.2 Å². The van der Waals surface area contributed by atoms with Crippen molar-refractivity contribution in [3.63, 3.8) is 0 Å². The summed E-state index contributed by atoms with van der Waals surface area (Å²) < 4.78 is 0. The highest BCUT2D eigenvalue weighted by molar-refractivity contribution is 6.30. The van der Waals surface area contributed by atoms with Crippen LogP contribution in [0.15, 0.2) is 18.2 Å². The van der Waals surface area contributed by atoms with E-state index in [0.717, 1.165) is 17.5 Å². The lowest BCUT2D eigenvalue weighted by atomic mass is 9.96. The number of rotatable bonds is 5. The Morgan fingerprint density at radius 1 is 1.56 bits per heavy atom. The molecule has 0 aromatic heterocycles. The van der Waals surface area contributed by atoms with Gasteiger partial charge in [0.05, 0.1) is 0 Å². The number of halogens is 1. The predicted octanol–water partition coefficient (Wildman–Crippen LogP) is 2.77.